The molecule has 1 aliphatic rings. The number of carbonyl (C=O) groups is 1. The number of fused-ring (bicyclic) bond motifs is 1. The van der Waals surface area contributed by atoms with E-state index >= 15 is 0 Å². The molecule has 0 bridgehead atoms. The first-order valence-corrected chi connectivity index (χ1v) is 11.8. The molecule has 1 aliphatic heterocycles. The Bertz CT molecular complexity index is 1100. The maximum Gasteiger partial charge on any atom is 0.253 e. The van der Waals surface area contributed by atoms with Gasteiger partial charge in [0.1, 0.15) is 13.2 Å². The van der Waals surface area contributed by atoms with E-state index in [0.717, 1.165) is 5.56 Å². The molecule has 0 atom stereocenters. The lowest BCUT2D eigenvalue weighted by molar-refractivity contribution is 0.0911. The summed E-state index contributed by atoms with van der Waals surface area (Å²) in [6.45, 7) is 8.20. The Morgan fingerprint density at radius 3 is 2.39 bits per heavy atom. The molecule has 0 aromatic heterocycles. The standard InChI is InChI=1S/C22H27ClN2O5S/c1-14(2)25(5)31(27,28)16-7-8-18(23)17(13-16)21(26)24-22(3,4)15-6-9-19-20(12-15)30-11-10-29-19/h6-9,12-14H,10-11H2,1-5H3,(H,24,26). The zero-order chi connectivity index (χ0) is 23.0. The van der Waals surface area contributed by atoms with E-state index in [1.165, 1.54) is 29.6 Å². The van der Waals surface area contributed by atoms with Gasteiger partial charge in [0.2, 0.25) is 10.0 Å². The number of halogens is 1. The molecule has 1 N–H and O–H groups in total. The van der Waals surface area contributed by atoms with Crippen LogP contribution in [0.3, 0.4) is 0 Å². The Balaban J connectivity index is 1.89. The van der Waals surface area contributed by atoms with Gasteiger partial charge in [-0.25, -0.2) is 8.42 Å². The lowest BCUT2D eigenvalue weighted by Gasteiger charge is -2.29. The van der Waals surface area contributed by atoms with Crippen molar-refractivity contribution in [2.75, 3.05) is 20.3 Å². The molecule has 0 aliphatic carbocycles. The Labute approximate surface area is 188 Å². The Morgan fingerprint density at radius 2 is 1.74 bits per heavy atom. The van der Waals surface area contributed by atoms with E-state index in [4.69, 9.17) is 21.1 Å². The predicted octanol–water partition coefficient (Wildman–Crippen LogP) is 3.81. The molecule has 7 nitrogen and oxygen atoms in total. The minimum absolute atomic E-state index is 0.00962. The summed E-state index contributed by atoms with van der Waals surface area (Å²) in [4.78, 5) is 13.1. The third kappa shape index (κ3) is 4.81. The second-order valence-corrected chi connectivity index (χ2v) is 10.6. The molecule has 9 heteroatoms. The number of benzene rings is 2. The first-order valence-electron chi connectivity index (χ1n) is 9.93. The van der Waals surface area contributed by atoms with Gasteiger partial charge in [-0.15, -0.1) is 0 Å². The van der Waals surface area contributed by atoms with E-state index in [1.807, 2.05) is 26.0 Å². The van der Waals surface area contributed by atoms with Crippen LogP contribution in [0.15, 0.2) is 41.3 Å². The predicted molar refractivity (Wildman–Crippen MR) is 119 cm³/mol. The van der Waals surface area contributed by atoms with Gasteiger partial charge in [-0.05, 0) is 63.6 Å². The third-order valence-corrected chi connectivity index (χ3v) is 7.64. The van der Waals surface area contributed by atoms with Gasteiger partial charge < -0.3 is 14.8 Å². The van der Waals surface area contributed by atoms with Crippen LogP contribution in [0, 0.1) is 0 Å². The number of amides is 1. The van der Waals surface area contributed by atoms with Crippen LogP contribution >= 0.6 is 11.6 Å². The Kier molecular flexibility index (Phi) is 6.55. The van der Waals surface area contributed by atoms with Crippen molar-refractivity contribution in [2.24, 2.45) is 0 Å². The van der Waals surface area contributed by atoms with Gasteiger partial charge in [0.05, 0.1) is 21.0 Å². The molecular weight excluding hydrogens is 440 g/mol. The van der Waals surface area contributed by atoms with Crippen LogP contribution < -0.4 is 14.8 Å². The number of ether oxygens (including phenoxy) is 2. The van der Waals surface area contributed by atoms with Crippen molar-refractivity contribution in [3.05, 3.63) is 52.5 Å². The summed E-state index contributed by atoms with van der Waals surface area (Å²) in [6.07, 6.45) is 0. The molecule has 0 unspecified atom stereocenters. The summed E-state index contributed by atoms with van der Waals surface area (Å²) in [5, 5.41) is 3.11. The lowest BCUT2D eigenvalue weighted by Crippen LogP contribution is -2.41. The van der Waals surface area contributed by atoms with Crippen molar-refractivity contribution in [1.82, 2.24) is 9.62 Å². The van der Waals surface area contributed by atoms with E-state index in [1.54, 1.807) is 19.9 Å². The van der Waals surface area contributed by atoms with Gasteiger partial charge >= 0.3 is 0 Å². The fourth-order valence-electron chi connectivity index (χ4n) is 3.14. The van der Waals surface area contributed by atoms with Gasteiger partial charge in [-0.1, -0.05) is 17.7 Å². The van der Waals surface area contributed by atoms with Crippen LogP contribution in [-0.2, 0) is 15.6 Å². The maximum absolute atomic E-state index is 13.1. The Morgan fingerprint density at radius 1 is 1.10 bits per heavy atom. The summed E-state index contributed by atoms with van der Waals surface area (Å²) < 4.78 is 38.1. The fraction of sp³-hybridized carbons (Fsp3) is 0.409. The number of rotatable bonds is 6. The second kappa shape index (κ2) is 8.68. The van der Waals surface area contributed by atoms with E-state index in [9.17, 15) is 13.2 Å². The average molecular weight is 467 g/mol. The SMILES string of the molecule is CC(C)N(C)S(=O)(=O)c1ccc(Cl)c(C(=O)NC(C)(C)c2ccc3c(c2)OCCO3)c1. The number of nitrogens with one attached hydrogen (secondary N) is 1. The van der Waals surface area contributed by atoms with Crippen molar-refractivity contribution < 1.29 is 22.7 Å². The average Bonchev–Trinajstić information content (AvgIpc) is 2.72. The summed E-state index contributed by atoms with van der Waals surface area (Å²) >= 11 is 6.25. The number of hydrogen-bond acceptors (Lipinski definition) is 5. The fourth-order valence-corrected chi connectivity index (χ4v) is 4.74. The minimum Gasteiger partial charge on any atom is -0.486 e. The van der Waals surface area contributed by atoms with Crippen LogP contribution in [0.5, 0.6) is 11.5 Å². The smallest absolute Gasteiger partial charge is 0.253 e. The van der Waals surface area contributed by atoms with E-state index < -0.39 is 21.5 Å². The first kappa shape index (κ1) is 23.4. The van der Waals surface area contributed by atoms with Crippen LogP contribution in [0.2, 0.25) is 5.02 Å². The largest absolute Gasteiger partial charge is 0.486 e. The number of nitrogens with zero attached hydrogens (tertiary/aromatic N) is 1. The van der Waals surface area contributed by atoms with Crippen molar-refractivity contribution >= 4 is 27.5 Å². The van der Waals surface area contributed by atoms with Gasteiger partial charge in [-0.3, -0.25) is 4.79 Å². The maximum atomic E-state index is 13.1. The highest BCUT2D eigenvalue weighted by atomic mass is 35.5. The first-order chi connectivity index (χ1) is 14.4. The van der Waals surface area contributed by atoms with Gasteiger partial charge in [0.15, 0.2) is 11.5 Å². The summed E-state index contributed by atoms with van der Waals surface area (Å²) in [6, 6.07) is 9.40. The zero-order valence-electron chi connectivity index (χ0n) is 18.2. The van der Waals surface area contributed by atoms with Gasteiger partial charge in [0.25, 0.3) is 5.91 Å². The molecule has 168 valence electrons. The van der Waals surface area contributed by atoms with Crippen LogP contribution in [-0.4, -0.2) is 44.9 Å². The molecular formula is C22H27ClN2O5S. The molecule has 0 radical (unpaired) electrons. The topological polar surface area (TPSA) is 84.9 Å². The highest BCUT2D eigenvalue weighted by Gasteiger charge is 2.29. The van der Waals surface area contributed by atoms with Crippen molar-refractivity contribution in [2.45, 2.75) is 44.2 Å². The molecule has 0 spiro atoms. The van der Waals surface area contributed by atoms with Crippen molar-refractivity contribution in [1.29, 1.82) is 0 Å². The van der Waals surface area contributed by atoms with Gasteiger partial charge in [-0.2, -0.15) is 4.31 Å². The summed E-state index contributed by atoms with van der Waals surface area (Å²) in [5.74, 6) is 0.801. The number of sulfonamides is 1. The highest BCUT2D eigenvalue weighted by molar-refractivity contribution is 7.89. The Hall–Kier alpha value is -2.29. The van der Waals surface area contributed by atoms with Crippen molar-refractivity contribution in [3.63, 3.8) is 0 Å². The molecule has 0 saturated heterocycles. The molecule has 0 saturated carbocycles. The highest BCUT2D eigenvalue weighted by Crippen LogP contribution is 2.34. The molecule has 2 aromatic carbocycles. The van der Waals surface area contributed by atoms with E-state index in [2.05, 4.69) is 5.32 Å². The monoisotopic (exact) mass is 466 g/mol. The number of carbonyl (C=O) groups excluding carboxylic acids is 1. The van der Waals surface area contributed by atoms with E-state index in [-0.39, 0.29) is 21.5 Å². The second-order valence-electron chi connectivity index (χ2n) is 8.19. The van der Waals surface area contributed by atoms with Crippen molar-refractivity contribution in [3.8, 4) is 11.5 Å². The molecule has 1 heterocycles. The molecule has 31 heavy (non-hydrogen) atoms. The minimum atomic E-state index is -3.75. The summed E-state index contributed by atoms with van der Waals surface area (Å²) in [7, 11) is -2.25. The van der Waals surface area contributed by atoms with Crippen LogP contribution in [0.4, 0.5) is 0 Å². The van der Waals surface area contributed by atoms with E-state index in [0.29, 0.717) is 24.7 Å². The van der Waals surface area contributed by atoms with Crippen LogP contribution in [0.1, 0.15) is 43.6 Å². The summed E-state index contributed by atoms with van der Waals surface area (Å²) in [5.41, 5.74) is 0.120. The molecule has 3 rings (SSSR count). The van der Waals surface area contributed by atoms with Gasteiger partial charge in [0, 0.05) is 13.1 Å². The number of hydrogen-bond donors (Lipinski definition) is 1. The zero-order valence-corrected chi connectivity index (χ0v) is 19.8. The normalized spacial score (nSPS) is 14.1. The molecule has 1 amide bonds. The molecule has 2 aromatic rings. The lowest BCUT2D eigenvalue weighted by atomic mass is 9.93. The quantitative estimate of drug-likeness (QED) is 0.699. The molecule has 0 fully saturated rings. The third-order valence-electron chi connectivity index (χ3n) is 5.28. The van der Waals surface area contributed by atoms with Crippen LogP contribution in [0.25, 0.3) is 0 Å².